The molecule has 0 aromatic rings. The molecule has 0 aromatic heterocycles. The highest BCUT2D eigenvalue weighted by Gasteiger charge is 2.17. The van der Waals surface area contributed by atoms with Gasteiger partial charge in [0.15, 0.2) is 0 Å². The third-order valence-corrected chi connectivity index (χ3v) is 3.63. The van der Waals surface area contributed by atoms with E-state index in [1.165, 1.54) is 38.5 Å². The molecule has 0 saturated heterocycles. The number of likely N-dealkylation sites (N-methyl/N-ethyl adjacent to an activating group) is 1. The van der Waals surface area contributed by atoms with E-state index in [1.807, 2.05) is 0 Å². The van der Waals surface area contributed by atoms with Crippen LogP contribution in [-0.4, -0.2) is 37.7 Å². The predicted molar refractivity (Wildman–Crippen MR) is 69.8 cm³/mol. The van der Waals surface area contributed by atoms with Gasteiger partial charge in [-0.3, -0.25) is 0 Å². The normalized spacial score (nSPS) is 18.6. The average Bonchev–Trinajstić information content (AvgIpc) is 2.29. The van der Waals surface area contributed by atoms with E-state index in [0.717, 1.165) is 31.7 Å². The third kappa shape index (κ3) is 5.86. The average molecular weight is 227 g/mol. The van der Waals surface area contributed by atoms with Crippen LogP contribution in [0.2, 0.25) is 0 Å². The van der Waals surface area contributed by atoms with Gasteiger partial charge in [0.25, 0.3) is 0 Å². The van der Waals surface area contributed by atoms with Crippen LogP contribution in [0.25, 0.3) is 0 Å². The molecule has 0 spiro atoms. The van der Waals surface area contributed by atoms with Crippen molar-refractivity contribution >= 4 is 0 Å². The van der Waals surface area contributed by atoms with E-state index in [9.17, 15) is 0 Å². The maximum absolute atomic E-state index is 5.66. The van der Waals surface area contributed by atoms with Crippen molar-refractivity contribution in [1.29, 1.82) is 0 Å². The van der Waals surface area contributed by atoms with Crippen molar-refractivity contribution in [2.24, 2.45) is 5.92 Å². The summed E-state index contributed by atoms with van der Waals surface area (Å²) in [4.78, 5) is 2.49. The molecule has 1 aliphatic carbocycles. The summed E-state index contributed by atoms with van der Waals surface area (Å²) in [5.74, 6) is 0.760. The fraction of sp³-hybridized carbons (Fsp3) is 1.00. The molecule has 0 bridgehead atoms. The zero-order valence-electron chi connectivity index (χ0n) is 11.4. The second-order valence-corrected chi connectivity index (χ2v) is 5.57. The van der Waals surface area contributed by atoms with Crippen molar-refractivity contribution < 1.29 is 4.74 Å². The van der Waals surface area contributed by atoms with Gasteiger partial charge in [-0.05, 0) is 32.2 Å². The van der Waals surface area contributed by atoms with Gasteiger partial charge in [-0.25, -0.2) is 0 Å². The van der Waals surface area contributed by atoms with E-state index in [0.29, 0.717) is 0 Å². The molecule has 0 atom stereocenters. The first-order valence-corrected chi connectivity index (χ1v) is 6.98. The largest absolute Gasteiger partial charge is 0.380 e. The molecule has 0 heterocycles. The first-order valence-electron chi connectivity index (χ1n) is 6.98. The zero-order chi connectivity index (χ0) is 11.8. The second-order valence-electron chi connectivity index (χ2n) is 5.57. The molecule has 0 unspecified atom stereocenters. The van der Waals surface area contributed by atoms with Crippen molar-refractivity contribution in [3.8, 4) is 0 Å². The Kier molecular flexibility index (Phi) is 7.06. The molecule has 16 heavy (non-hydrogen) atoms. The standard InChI is InChI=1S/C14H29NO/c1-13(2)9-11-16-12-10-15(3)14-7-5-4-6-8-14/h13-14H,4-12H2,1-3H3. The summed E-state index contributed by atoms with van der Waals surface area (Å²) in [6.07, 6.45) is 8.25. The van der Waals surface area contributed by atoms with Gasteiger partial charge in [-0.15, -0.1) is 0 Å². The van der Waals surface area contributed by atoms with E-state index in [-0.39, 0.29) is 0 Å². The lowest BCUT2D eigenvalue weighted by molar-refractivity contribution is 0.0839. The Morgan fingerprint density at radius 1 is 1.12 bits per heavy atom. The van der Waals surface area contributed by atoms with Gasteiger partial charge < -0.3 is 9.64 Å². The Labute approximate surface area is 101 Å². The molecule has 2 nitrogen and oxygen atoms in total. The highest BCUT2D eigenvalue weighted by molar-refractivity contribution is 4.73. The minimum Gasteiger partial charge on any atom is -0.380 e. The maximum atomic E-state index is 5.66. The van der Waals surface area contributed by atoms with Crippen LogP contribution < -0.4 is 0 Å². The summed E-state index contributed by atoms with van der Waals surface area (Å²) in [6.45, 7) is 7.42. The Morgan fingerprint density at radius 2 is 1.81 bits per heavy atom. The fourth-order valence-electron chi connectivity index (χ4n) is 2.33. The molecule has 1 aliphatic rings. The van der Waals surface area contributed by atoms with Crippen LogP contribution in [0.15, 0.2) is 0 Å². The van der Waals surface area contributed by atoms with Crippen LogP contribution in [0, 0.1) is 5.92 Å². The van der Waals surface area contributed by atoms with Gasteiger partial charge in [-0.1, -0.05) is 33.1 Å². The number of hydrogen-bond acceptors (Lipinski definition) is 2. The number of rotatable bonds is 7. The molecule has 96 valence electrons. The lowest BCUT2D eigenvalue weighted by Crippen LogP contribution is -2.35. The molecule has 0 aromatic carbocycles. The van der Waals surface area contributed by atoms with Crippen molar-refractivity contribution in [2.75, 3.05) is 26.8 Å². The van der Waals surface area contributed by atoms with Gasteiger partial charge in [0, 0.05) is 19.2 Å². The van der Waals surface area contributed by atoms with Crippen LogP contribution in [0.1, 0.15) is 52.4 Å². The molecule has 0 radical (unpaired) electrons. The fourth-order valence-corrected chi connectivity index (χ4v) is 2.33. The Balaban J connectivity index is 1.98. The highest BCUT2D eigenvalue weighted by Crippen LogP contribution is 2.21. The molecule has 0 N–H and O–H groups in total. The van der Waals surface area contributed by atoms with Crippen LogP contribution in [0.5, 0.6) is 0 Å². The quantitative estimate of drug-likeness (QED) is 0.619. The molecular weight excluding hydrogens is 198 g/mol. The number of hydrogen-bond donors (Lipinski definition) is 0. The molecule has 1 saturated carbocycles. The summed E-state index contributed by atoms with van der Waals surface area (Å²) in [5.41, 5.74) is 0. The lowest BCUT2D eigenvalue weighted by atomic mass is 9.94. The van der Waals surface area contributed by atoms with E-state index in [1.54, 1.807) is 0 Å². The smallest absolute Gasteiger partial charge is 0.0593 e. The second kappa shape index (κ2) is 8.08. The summed E-state index contributed by atoms with van der Waals surface area (Å²) >= 11 is 0. The van der Waals surface area contributed by atoms with Crippen LogP contribution in [0.3, 0.4) is 0 Å². The maximum Gasteiger partial charge on any atom is 0.0593 e. The van der Waals surface area contributed by atoms with Crippen molar-refractivity contribution in [1.82, 2.24) is 4.90 Å². The van der Waals surface area contributed by atoms with E-state index >= 15 is 0 Å². The topological polar surface area (TPSA) is 12.5 Å². The molecule has 1 rings (SSSR count). The Morgan fingerprint density at radius 3 is 2.44 bits per heavy atom. The Bertz CT molecular complexity index is 164. The lowest BCUT2D eigenvalue weighted by Gasteiger charge is -2.31. The van der Waals surface area contributed by atoms with Gasteiger partial charge in [-0.2, -0.15) is 0 Å². The highest BCUT2D eigenvalue weighted by atomic mass is 16.5. The third-order valence-electron chi connectivity index (χ3n) is 3.63. The molecular formula is C14H29NO. The molecule has 0 amide bonds. The minimum atomic E-state index is 0.760. The summed E-state index contributed by atoms with van der Waals surface area (Å²) in [7, 11) is 2.25. The minimum absolute atomic E-state index is 0.760. The Hall–Kier alpha value is -0.0800. The van der Waals surface area contributed by atoms with Gasteiger partial charge in [0.05, 0.1) is 6.61 Å². The van der Waals surface area contributed by atoms with Crippen LogP contribution in [0.4, 0.5) is 0 Å². The molecule has 2 heteroatoms. The summed E-state index contributed by atoms with van der Waals surface area (Å²) in [6, 6.07) is 0.822. The zero-order valence-corrected chi connectivity index (χ0v) is 11.4. The summed E-state index contributed by atoms with van der Waals surface area (Å²) < 4.78 is 5.66. The van der Waals surface area contributed by atoms with Crippen LogP contribution >= 0.6 is 0 Å². The molecule has 0 aliphatic heterocycles. The monoisotopic (exact) mass is 227 g/mol. The van der Waals surface area contributed by atoms with Crippen LogP contribution in [-0.2, 0) is 4.74 Å². The predicted octanol–water partition coefficient (Wildman–Crippen LogP) is 3.31. The van der Waals surface area contributed by atoms with E-state index in [4.69, 9.17) is 4.74 Å². The SMILES string of the molecule is CC(C)CCOCCN(C)C1CCCCC1. The summed E-state index contributed by atoms with van der Waals surface area (Å²) in [5, 5.41) is 0. The number of nitrogens with zero attached hydrogens (tertiary/aromatic N) is 1. The first-order chi connectivity index (χ1) is 7.70. The van der Waals surface area contributed by atoms with E-state index in [2.05, 4.69) is 25.8 Å². The van der Waals surface area contributed by atoms with Gasteiger partial charge >= 0.3 is 0 Å². The number of ether oxygens (including phenoxy) is 1. The first kappa shape index (κ1) is 14.0. The van der Waals surface area contributed by atoms with Crippen molar-refractivity contribution in [3.05, 3.63) is 0 Å². The van der Waals surface area contributed by atoms with Gasteiger partial charge in [0.1, 0.15) is 0 Å². The van der Waals surface area contributed by atoms with Gasteiger partial charge in [0.2, 0.25) is 0 Å². The van der Waals surface area contributed by atoms with E-state index < -0.39 is 0 Å². The van der Waals surface area contributed by atoms with Crippen molar-refractivity contribution in [3.63, 3.8) is 0 Å². The van der Waals surface area contributed by atoms with Crippen molar-refractivity contribution in [2.45, 2.75) is 58.4 Å². The molecule has 1 fully saturated rings.